The summed E-state index contributed by atoms with van der Waals surface area (Å²) in [5.74, 6) is -1.61. The van der Waals surface area contributed by atoms with E-state index in [4.69, 9.17) is 5.11 Å². The van der Waals surface area contributed by atoms with Crippen molar-refractivity contribution in [3.8, 4) is 0 Å². The van der Waals surface area contributed by atoms with Crippen LogP contribution < -0.4 is 4.72 Å². The third kappa shape index (κ3) is 3.29. The number of nitrogens with zero attached hydrogens (tertiary/aromatic N) is 3. The van der Waals surface area contributed by atoms with Crippen LogP contribution in [-0.4, -0.2) is 58.7 Å². The van der Waals surface area contributed by atoms with Gasteiger partial charge in [-0.05, 0) is 33.6 Å². The molecule has 1 unspecified atom stereocenters. The molecular weight excluding hydrogens is 336 g/mol. The third-order valence-electron chi connectivity index (χ3n) is 4.23. The highest BCUT2D eigenvalue weighted by molar-refractivity contribution is 7.89. The topological polar surface area (TPSA) is 122 Å². The Bertz CT molecular complexity index is 770. The van der Waals surface area contributed by atoms with Crippen molar-refractivity contribution in [2.24, 2.45) is 7.05 Å². The van der Waals surface area contributed by atoms with Crippen LogP contribution in [0.1, 0.15) is 31.2 Å². The number of aryl methyl sites for hydroxylation is 2. The van der Waals surface area contributed by atoms with E-state index in [1.54, 1.807) is 20.9 Å². The van der Waals surface area contributed by atoms with Crippen molar-refractivity contribution < 1.29 is 23.1 Å². The van der Waals surface area contributed by atoms with Crippen LogP contribution in [0.25, 0.3) is 0 Å². The summed E-state index contributed by atoms with van der Waals surface area (Å²) in [4.78, 5) is 24.9. The highest BCUT2D eigenvalue weighted by atomic mass is 32.2. The van der Waals surface area contributed by atoms with Gasteiger partial charge in [-0.2, -0.15) is 9.82 Å². The van der Waals surface area contributed by atoms with Crippen LogP contribution >= 0.6 is 0 Å². The molecule has 0 spiro atoms. The van der Waals surface area contributed by atoms with E-state index in [0.29, 0.717) is 30.8 Å². The molecule has 1 fully saturated rings. The van der Waals surface area contributed by atoms with Gasteiger partial charge in [-0.3, -0.25) is 9.48 Å². The Morgan fingerprint density at radius 3 is 2.50 bits per heavy atom. The van der Waals surface area contributed by atoms with E-state index in [2.05, 4.69) is 9.82 Å². The predicted molar refractivity (Wildman–Crippen MR) is 84.8 cm³/mol. The van der Waals surface area contributed by atoms with Crippen molar-refractivity contribution in [1.82, 2.24) is 19.4 Å². The van der Waals surface area contributed by atoms with Gasteiger partial charge in [0.2, 0.25) is 15.9 Å². The van der Waals surface area contributed by atoms with Crippen molar-refractivity contribution in [3.63, 3.8) is 0 Å². The fourth-order valence-electron chi connectivity index (χ4n) is 3.02. The SMILES string of the molecule is Cc1nn(C)c(C)c1S(=O)(=O)NC(C)C(=O)N1CCC[C@@H]1C(=O)O. The van der Waals surface area contributed by atoms with Crippen molar-refractivity contribution in [2.45, 2.75) is 50.6 Å². The average molecular weight is 358 g/mol. The lowest BCUT2D eigenvalue weighted by molar-refractivity contribution is -0.148. The lowest BCUT2D eigenvalue weighted by Gasteiger charge is -2.25. The van der Waals surface area contributed by atoms with Crippen molar-refractivity contribution in [2.75, 3.05) is 6.54 Å². The van der Waals surface area contributed by atoms with Crippen molar-refractivity contribution >= 4 is 21.9 Å². The molecule has 1 saturated heterocycles. The molecule has 24 heavy (non-hydrogen) atoms. The van der Waals surface area contributed by atoms with E-state index in [9.17, 15) is 18.0 Å². The van der Waals surface area contributed by atoms with Gasteiger partial charge in [0.15, 0.2) is 0 Å². The number of aliphatic carboxylic acids is 1. The molecule has 2 atom stereocenters. The molecule has 0 aromatic carbocycles. The van der Waals surface area contributed by atoms with Crippen LogP contribution in [0.15, 0.2) is 4.90 Å². The first-order valence-corrected chi connectivity index (χ1v) is 9.10. The maximum atomic E-state index is 12.6. The van der Waals surface area contributed by atoms with Crippen molar-refractivity contribution in [3.05, 3.63) is 11.4 Å². The Morgan fingerprint density at radius 2 is 2.00 bits per heavy atom. The number of nitrogens with one attached hydrogen (secondary N) is 1. The fourth-order valence-corrected chi connectivity index (χ4v) is 4.66. The normalized spacial score (nSPS) is 19.5. The largest absolute Gasteiger partial charge is 0.480 e. The molecule has 2 rings (SSSR count). The Kier molecular flexibility index (Phi) is 5.00. The highest BCUT2D eigenvalue weighted by Gasteiger charge is 2.37. The second-order valence-corrected chi connectivity index (χ2v) is 7.65. The van der Waals surface area contributed by atoms with Gasteiger partial charge in [-0.15, -0.1) is 0 Å². The quantitative estimate of drug-likeness (QED) is 0.750. The zero-order chi connectivity index (χ0) is 18.2. The standard InChI is InChI=1S/C14H22N4O5S/c1-8-12(10(3)17(4)15-8)24(22,23)16-9(2)13(19)18-7-5-6-11(18)14(20)21/h9,11,16H,5-7H2,1-4H3,(H,20,21)/t9?,11-/m1/s1. The number of amides is 1. The van der Waals surface area contributed by atoms with Crippen LogP contribution in [0.3, 0.4) is 0 Å². The number of carboxylic acids is 1. The molecular formula is C14H22N4O5S. The van der Waals surface area contributed by atoms with Gasteiger partial charge in [0.05, 0.1) is 17.4 Å². The molecule has 0 bridgehead atoms. The minimum atomic E-state index is -3.94. The van der Waals surface area contributed by atoms with Gasteiger partial charge >= 0.3 is 5.97 Å². The molecule has 10 heteroatoms. The van der Waals surface area contributed by atoms with Gasteiger partial charge in [-0.1, -0.05) is 0 Å². The van der Waals surface area contributed by atoms with E-state index in [-0.39, 0.29) is 4.90 Å². The van der Waals surface area contributed by atoms with Gasteiger partial charge in [0.1, 0.15) is 10.9 Å². The molecule has 2 heterocycles. The smallest absolute Gasteiger partial charge is 0.326 e. The molecule has 0 radical (unpaired) electrons. The number of carbonyl (C=O) groups excluding carboxylic acids is 1. The number of rotatable bonds is 5. The van der Waals surface area contributed by atoms with Crippen molar-refractivity contribution in [1.29, 1.82) is 0 Å². The van der Waals surface area contributed by atoms with E-state index in [1.807, 2.05) is 0 Å². The molecule has 1 amide bonds. The van der Waals surface area contributed by atoms with E-state index in [0.717, 1.165) is 0 Å². The highest BCUT2D eigenvalue weighted by Crippen LogP contribution is 2.21. The van der Waals surface area contributed by atoms with E-state index >= 15 is 0 Å². The molecule has 0 aliphatic carbocycles. The maximum Gasteiger partial charge on any atom is 0.326 e. The Labute approximate surface area is 140 Å². The second kappa shape index (κ2) is 6.52. The first kappa shape index (κ1) is 18.4. The summed E-state index contributed by atoms with van der Waals surface area (Å²) in [7, 11) is -2.30. The van der Waals surface area contributed by atoms with E-state index in [1.165, 1.54) is 16.5 Å². The van der Waals surface area contributed by atoms with Crippen LogP contribution in [0.4, 0.5) is 0 Å². The minimum absolute atomic E-state index is 0.0425. The summed E-state index contributed by atoms with van der Waals surface area (Å²) in [6.07, 6.45) is 0.963. The monoisotopic (exact) mass is 358 g/mol. The fraction of sp³-hybridized carbons (Fsp3) is 0.643. The molecule has 9 nitrogen and oxygen atoms in total. The summed E-state index contributed by atoms with van der Waals surface area (Å²) < 4.78 is 29.0. The van der Waals surface area contributed by atoms with Gasteiger partial charge in [0, 0.05) is 13.6 Å². The Morgan fingerprint density at radius 1 is 1.38 bits per heavy atom. The van der Waals surface area contributed by atoms with Gasteiger partial charge < -0.3 is 10.0 Å². The number of aromatic nitrogens is 2. The van der Waals surface area contributed by atoms with Gasteiger partial charge in [0.25, 0.3) is 0 Å². The lowest BCUT2D eigenvalue weighted by atomic mass is 10.2. The summed E-state index contributed by atoms with van der Waals surface area (Å²) in [5.41, 5.74) is 0.802. The summed E-state index contributed by atoms with van der Waals surface area (Å²) >= 11 is 0. The summed E-state index contributed by atoms with van der Waals surface area (Å²) in [6, 6.07) is -1.96. The number of likely N-dealkylation sites (tertiary alicyclic amines) is 1. The summed E-state index contributed by atoms with van der Waals surface area (Å²) in [6.45, 7) is 4.93. The van der Waals surface area contributed by atoms with Crippen LogP contribution in [0.2, 0.25) is 0 Å². The zero-order valence-corrected chi connectivity index (χ0v) is 14.9. The lowest BCUT2D eigenvalue weighted by Crippen LogP contribution is -2.50. The molecule has 0 saturated carbocycles. The van der Waals surface area contributed by atoms with Gasteiger partial charge in [-0.25, -0.2) is 13.2 Å². The number of carboxylic acid groups (broad SMARTS) is 1. The molecule has 1 aromatic rings. The van der Waals surface area contributed by atoms with Crippen LogP contribution in [-0.2, 0) is 26.7 Å². The second-order valence-electron chi connectivity index (χ2n) is 5.99. The molecule has 2 N–H and O–H groups in total. The first-order valence-electron chi connectivity index (χ1n) is 7.62. The number of carbonyl (C=O) groups is 2. The van der Waals surface area contributed by atoms with E-state index < -0.39 is 34.0 Å². The Hall–Kier alpha value is -1.94. The third-order valence-corrected chi connectivity index (χ3v) is 6.03. The molecule has 1 aliphatic rings. The maximum absolute atomic E-state index is 12.6. The number of hydrogen-bond donors (Lipinski definition) is 2. The van der Waals surface area contributed by atoms with Crippen LogP contribution in [0, 0.1) is 13.8 Å². The average Bonchev–Trinajstić information content (AvgIpc) is 3.03. The molecule has 1 aliphatic heterocycles. The predicted octanol–water partition coefficient (Wildman–Crippen LogP) is -0.221. The number of hydrogen-bond acceptors (Lipinski definition) is 5. The minimum Gasteiger partial charge on any atom is -0.480 e. The van der Waals surface area contributed by atoms with Crippen LogP contribution in [0.5, 0.6) is 0 Å². The Balaban J connectivity index is 2.20. The summed E-state index contributed by atoms with van der Waals surface area (Å²) in [5, 5.41) is 13.2. The molecule has 134 valence electrons. The first-order chi connectivity index (χ1) is 11.1. The zero-order valence-electron chi connectivity index (χ0n) is 14.1. The molecule has 1 aromatic heterocycles. The number of sulfonamides is 1.